The van der Waals surface area contributed by atoms with Crippen LogP contribution in [0.25, 0.3) is 11.1 Å². The summed E-state index contributed by atoms with van der Waals surface area (Å²) in [5, 5.41) is 11.7. The van der Waals surface area contributed by atoms with E-state index in [0.29, 0.717) is 6.42 Å². The number of carbonyl (C=O) groups excluding carboxylic acids is 1. The van der Waals surface area contributed by atoms with E-state index < -0.39 is 51.9 Å². The molecule has 13 heteroatoms. The van der Waals surface area contributed by atoms with Crippen LogP contribution in [0.4, 0.5) is 13.2 Å². The van der Waals surface area contributed by atoms with Gasteiger partial charge in [-0.05, 0) is 30.7 Å². The van der Waals surface area contributed by atoms with Crippen LogP contribution in [-0.4, -0.2) is 38.9 Å². The van der Waals surface area contributed by atoms with Gasteiger partial charge in [0.05, 0.1) is 16.1 Å². The summed E-state index contributed by atoms with van der Waals surface area (Å²) in [7, 11) is 0.831. The van der Waals surface area contributed by atoms with Crippen LogP contribution in [0.3, 0.4) is 0 Å². The summed E-state index contributed by atoms with van der Waals surface area (Å²) < 4.78 is 46.1. The Bertz CT molecular complexity index is 1180. The number of nitrogens with zero attached hydrogens (tertiary/aromatic N) is 1. The van der Waals surface area contributed by atoms with Crippen LogP contribution in [0.1, 0.15) is 28.9 Å². The Hall–Kier alpha value is -3.12. The van der Waals surface area contributed by atoms with Crippen molar-refractivity contribution >= 4 is 23.5 Å². The Kier molecular flexibility index (Phi) is 5.72. The zero-order valence-corrected chi connectivity index (χ0v) is 16.6. The summed E-state index contributed by atoms with van der Waals surface area (Å²) in [5.74, 6) is -2.65. The Morgan fingerprint density at radius 3 is 2.52 bits per heavy atom. The Morgan fingerprint density at radius 2 is 1.97 bits per heavy atom. The lowest BCUT2D eigenvalue weighted by Crippen LogP contribution is -2.51. The number of halogens is 4. The van der Waals surface area contributed by atoms with Crippen LogP contribution >= 0.6 is 11.6 Å². The second-order valence-corrected chi connectivity index (χ2v) is 7.19. The third kappa shape index (κ3) is 4.08. The molecule has 0 bridgehead atoms. The molecule has 1 aliphatic heterocycles. The maximum atomic E-state index is 13.6. The minimum absolute atomic E-state index is 0.0237. The van der Waals surface area contributed by atoms with Gasteiger partial charge in [0.25, 0.3) is 11.3 Å². The summed E-state index contributed by atoms with van der Waals surface area (Å²) >= 11 is 5.98. The number of carboxylic acids is 1. The van der Waals surface area contributed by atoms with E-state index in [1.807, 2.05) is 0 Å². The van der Waals surface area contributed by atoms with Crippen LogP contribution in [0.15, 0.2) is 27.8 Å². The molecule has 1 fully saturated rings. The van der Waals surface area contributed by atoms with Gasteiger partial charge in [0, 0.05) is 13.5 Å². The predicted octanol–water partition coefficient (Wildman–Crippen LogP) is 1.73. The Morgan fingerprint density at radius 1 is 1.29 bits per heavy atom. The number of esters is 1. The SMILES string of the molecule is Cn1c(C(F)(F)F)c(-c2ccc(Cl)c(C(=O)O[C@@]3(C(=O)O)CCCN3)c2)c(=O)[nH]c1=O. The number of nitrogens with one attached hydrogen (secondary N) is 2. The molecule has 31 heavy (non-hydrogen) atoms. The number of rotatable bonds is 4. The Balaban J connectivity index is 2.14. The summed E-state index contributed by atoms with van der Waals surface area (Å²) in [6, 6.07) is 3.00. The van der Waals surface area contributed by atoms with Crippen molar-refractivity contribution in [3.8, 4) is 11.1 Å². The lowest BCUT2D eigenvalue weighted by Gasteiger charge is -2.24. The number of aliphatic carboxylic acids is 1. The van der Waals surface area contributed by atoms with Gasteiger partial charge >= 0.3 is 23.8 Å². The van der Waals surface area contributed by atoms with Gasteiger partial charge in [-0.1, -0.05) is 17.7 Å². The number of ether oxygens (including phenoxy) is 1. The molecule has 3 N–H and O–H groups in total. The zero-order chi connectivity index (χ0) is 23.1. The predicted molar refractivity (Wildman–Crippen MR) is 101 cm³/mol. The molecule has 2 heterocycles. The first kappa shape index (κ1) is 22.6. The van der Waals surface area contributed by atoms with Crippen LogP contribution in [0.5, 0.6) is 0 Å². The first-order chi connectivity index (χ1) is 14.4. The monoisotopic (exact) mass is 461 g/mol. The molecule has 166 valence electrons. The van der Waals surface area contributed by atoms with Crippen molar-refractivity contribution in [1.82, 2.24) is 14.9 Å². The second-order valence-electron chi connectivity index (χ2n) is 6.79. The fourth-order valence-electron chi connectivity index (χ4n) is 3.30. The Labute approximate surface area is 176 Å². The highest BCUT2D eigenvalue weighted by Crippen LogP contribution is 2.35. The molecule has 1 saturated heterocycles. The quantitative estimate of drug-likeness (QED) is 0.591. The van der Waals surface area contributed by atoms with Gasteiger partial charge < -0.3 is 9.84 Å². The summed E-state index contributed by atoms with van der Waals surface area (Å²) in [6.45, 7) is 0.274. The van der Waals surface area contributed by atoms with E-state index in [1.165, 1.54) is 0 Å². The molecule has 1 atom stereocenters. The third-order valence-corrected chi connectivity index (χ3v) is 5.13. The van der Waals surface area contributed by atoms with E-state index in [9.17, 15) is 37.5 Å². The van der Waals surface area contributed by atoms with E-state index in [2.05, 4.69) is 5.32 Å². The molecule has 1 aliphatic rings. The molecular formula is C18H15ClF3N3O6. The van der Waals surface area contributed by atoms with Crippen molar-refractivity contribution in [3.05, 3.63) is 55.3 Å². The first-order valence-electron chi connectivity index (χ1n) is 8.79. The lowest BCUT2D eigenvalue weighted by atomic mass is 10.0. The van der Waals surface area contributed by atoms with Crippen LogP contribution in [0.2, 0.25) is 5.02 Å². The van der Waals surface area contributed by atoms with Gasteiger partial charge in [-0.2, -0.15) is 13.2 Å². The van der Waals surface area contributed by atoms with Gasteiger partial charge in [-0.3, -0.25) is 19.7 Å². The molecule has 0 radical (unpaired) electrons. The van der Waals surface area contributed by atoms with Crippen molar-refractivity contribution in [3.63, 3.8) is 0 Å². The van der Waals surface area contributed by atoms with Crippen LogP contribution in [-0.2, 0) is 22.8 Å². The summed E-state index contributed by atoms with van der Waals surface area (Å²) in [5.41, 5.74) is -7.85. The lowest BCUT2D eigenvalue weighted by molar-refractivity contribution is -0.161. The average Bonchev–Trinajstić information content (AvgIpc) is 3.14. The van der Waals surface area contributed by atoms with Crippen molar-refractivity contribution in [2.45, 2.75) is 24.7 Å². The first-order valence-corrected chi connectivity index (χ1v) is 9.17. The maximum absolute atomic E-state index is 13.6. The van der Waals surface area contributed by atoms with Crippen molar-refractivity contribution in [2.75, 3.05) is 6.54 Å². The minimum atomic E-state index is -5.07. The molecule has 2 aromatic rings. The largest absolute Gasteiger partial charge is 0.477 e. The molecule has 0 spiro atoms. The highest BCUT2D eigenvalue weighted by atomic mass is 35.5. The molecule has 1 aromatic heterocycles. The minimum Gasteiger partial charge on any atom is -0.477 e. The van der Waals surface area contributed by atoms with Gasteiger partial charge in [-0.25, -0.2) is 14.4 Å². The number of carbonyl (C=O) groups is 2. The molecule has 9 nitrogen and oxygen atoms in total. The summed E-state index contributed by atoms with van der Waals surface area (Å²) in [6.07, 6.45) is -4.68. The fourth-order valence-corrected chi connectivity index (χ4v) is 3.49. The number of aromatic nitrogens is 2. The molecular weight excluding hydrogens is 447 g/mol. The number of aromatic amines is 1. The topological polar surface area (TPSA) is 130 Å². The van der Waals surface area contributed by atoms with Gasteiger partial charge in [0.1, 0.15) is 5.69 Å². The number of benzene rings is 1. The van der Waals surface area contributed by atoms with Crippen molar-refractivity contribution in [1.29, 1.82) is 0 Å². The molecule has 0 unspecified atom stereocenters. The molecule has 0 saturated carbocycles. The van der Waals surface area contributed by atoms with Crippen molar-refractivity contribution in [2.24, 2.45) is 7.05 Å². The van der Waals surface area contributed by atoms with E-state index in [4.69, 9.17) is 16.3 Å². The van der Waals surface area contributed by atoms with E-state index in [0.717, 1.165) is 25.2 Å². The van der Waals surface area contributed by atoms with E-state index >= 15 is 0 Å². The van der Waals surface area contributed by atoms with Crippen molar-refractivity contribution < 1.29 is 32.6 Å². The van der Waals surface area contributed by atoms with Gasteiger partial charge in [0.2, 0.25) is 0 Å². The highest BCUT2D eigenvalue weighted by Gasteiger charge is 2.46. The number of hydrogen-bond donors (Lipinski definition) is 3. The molecule has 1 aromatic carbocycles. The molecule has 3 rings (SSSR count). The van der Waals surface area contributed by atoms with E-state index in [1.54, 1.807) is 4.98 Å². The molecule has 0 aliphatic carbocycles. The highest BCUT2D eigenvalue weighted by molar-refractivity contribution is 6.33. The van der Waals surface area contributed by atoms with E-state index in [-0.39, 0.29) is 28.1 Å². The van der Waals surface area contributed by atoms with Gasteiger partial charge in [-0.15, -0.1) is 0 Å². The third-order valence-electron chi connectivity index (χ3n) is 4.80. The number of carboxylic acid groups (broad SMARTS) is 1. The number of hydrogen-bond acceptors (Lipinski definition) is 6. The fraction of sp³-hybridized carbons (Fsp3) is 0.333. The second kappa shape index (κ2) is 7.85. The zero-order valence-electron chi connectivity index (χ0n) is 15.8. The van der Waals surface area contributed by atoms with Crippen LogP contribution < -0.4 is 16.6 Å². The molecule has 0 amide bonds. The van der Waals surface area contributed by atoms with Crippen LogP contribution in [0, 0.1) is 0 Å². The normalized spacial score (nSPS) is 18.7. The standard InChI is InChI=1S/C18H15ClF3N3O6/c1-25-12(18(20,21)22)11(13(26)24-16(25)30)8-3-4-10(19)9(7-8)14(27)31-17(15(28)29)5-2-6-23-17/h3-4,7,23H,2,5-6H2,1H3,(H,28,29)(H,24,26,30)/t17-/m1/s1. The smallest absolute Gasteiger partial charge is 0.432 e. The average molecular weight is 462 g/mol. The summed E-state index contributed by atoms with van der Waals surface area (Å²) in [4.78, 5) is 49.9. The number of H-pyrrole nitrogens is 1. The van der Waals surface area contributed by atoms with Gasteiger partial charge in [0.15, 0.2) is 0 Å². The maximum Gasteiger partial charge on any atom is 0.432 e. The number of alkyl halides is 3.